The first-order chi connectivity index (χ1) is 8.93. The Morgan fingerprint density at radius 2 is 1.61 bits per heavy atom. The van der Waals surface area contributed by atoms with E-state index in [-0.39, 0.29) is 0 Å². The fourth-order valence-corrected chi connectivity index (χ4v) is 1.92. The molecule has 0 saturated heterocycles. The first-order valence-electron chi connectivity index (χ1n) is 5.90. The van der Waals surface area contributed by atoms with Crippen molar-refractivity contribution in [2.75, 3.05) is 0 Å². The molecule has 3 aromatic carbocycles. The molecule has 3 rings (SSSR count). The lowest BCUT2D eigenvalue weighted by Crippen LogP contribution is -1.79. The van der Waals surface area contributed by atoms with Crippen molar-refractivity contribution >= 4 is 10.8 Å². The first kappa shape index (κ1) is 10.6. The molecule has 1 radical (unpaired) electrons. The Hall–Kier alpha value is -2.52. The second kappa shape index (κ2) is 4.77. The van der Waals surface area contributed by atoms with Gasteiger partial charge in [-0.3, -0.25) is 0 Å². The normalized spacial score (nSPS) is 9.78. The van der Waals surface area contributed by atoms with Gasteiger partial charge in [0, 0.05) is 11.1 Å². The molecule has 0 aliphatic carbocycles. The fraction of sp³-hybridized carbons (Fsp3) is 0. The van der Waals surface area contributed by atoms with Crippen LogP contribution in [0, 0.1) is 17.9 Å². The van der Waals surface area contributed by atoms with Crippen LogP contribution in [-0.2, 0) is 0 Å². The Kier molecular flexibility index (Phi) is 2.82. The lowest BCUT2D eigenvalue weighted by atomic mass is 10.0. The highest BCUT2D eigenvalue weighted by Crippen LogP contribution is 2.17. The Morgan fingerprint density at radius 3 is 2.50 bits per heavy atom. The SMILES string of the molecule is C(#Cc1cccc2[c]cccc12)c1ccccc1. The minimum atomic E-state index is 1.04. The second-order valence-electron chi connectivity index (χ2n) is 4.05. The summed E-state index contributed by atoms with van der Waals surface area (Å²) in [7, 11) is 0. The third-order valence-electron chi connectivity index (χ3n) is 2.82. The summed E-state index contributed by atoms with van der Waals surface area (Å²) < 4.78 is 0. The quantitative estimate of drug-likeness (QED) is 0.508. The van der Waals surface area contributed by atoms with Crippen molar-refractivity contribution in [3.63, 3.8) is 0 Å². The van der Waals surface area contributed by atoms with Gasteiger partial charge in [0.15, 0.2) is 0 Å². The lowest BCUT2D eigenvalue weighted by molar-refractivity contribution is 1.64. The molecule has 0 heteroatoms. The highest BCUT2D eigenvalue weighted by Gasteiger charge is 1.96. The highest BCUT2D eigenvalue weighted by atomic mass is 14.0. The van der Waals surface area contributed by atoms with Gasteiger partial charge in [-0.2, -0.15) is 0 Å². The number of hydrogen-bond donors (Lipinski definition) is 0. The Bertz CT molecular complexity index is 723. The summed E-state index contributed by atoms with van der Waals surface area (Å²) in [6.45, 7) is 0. The van der Waals surface area contributed by atoms with Crippen LogP contribution >= 0.6 is 0 Å². The van der Waals surface area contributed by atoms with Crippen LogP contribution in [0.4, 0.5) is 0 Å². The maximum Gasteiger partial charge on any atom is 0.0327 e. The molecule has 18 heavy (non-hydrogen) atoms. The summed E-state index contributed by atoms with van der Waals surface area (Å²) >= 11 is 0. The van der Waals surface area contributed by atoms with Crippen molar-refractivity contribution in [2.45, 2.75) is 0 Å². The molecule has 0 nitrogen and oxygen atoms in total. The Morgan fingerprint density at radius 1 is 0.722 bits per heavy atom. The third-order valence-corrected chi connectivity index (χ3v) is 2.82. The molecule has 0 bridgehead atoms. The monoisotopic (exact) mass is 227 g/mol. The molecule has 0 atom stereocenters. The third kappa shape index (κ3) is 2.12. The molecule has 0 N–H and O–H groups in total. The molecular weight excluding hydrogens is 216 g/mol. The topological polar surface area (TPSA) is 0 Å². The minimum Gasteiger partial charge on any atom is -0.0622 e. The van der Waals surface area contributed by atoms with Gasteiger partial charge in [-0.1, -0.05) is 60.4 Å². The Balaban J connectivity index is 2.09. The molecule has 0 unspecified atom stereocenters. The Labute approximate surface area is 107 Å². The summed E-state index contributed by atoms with van der Waals surface area (Å²) in [6.07, 6.45) is 0. The number of hydrogen-bond acceptors (Lipinski definition) is 0. The molecule has 0 heterocycles. The van der Waals surface area contributed by atoms with Crippen LogP contribution in [-0.4, -0.2) is 0 Å². The first-order valence-corrected chi connectivity index (χ1v) is 5.90. The van der Waals surface area contributed by atoms with Crippen LogP contribution in [0.1, 0.15) is 11.1 Å². The highest BCUT2D eigenvalue weighted by molar-refractivity contribution is 5.87. The van der Waals surface area contributed by atoms with Crippen molar-refractivity contribution in [2.24, 2.45) is 0 Å². The zero-order chi connectivity index (χ0) is 12.2. The molecule has 0 saturated carbocycles. The van der Waals surface area contributed by atoms with Gasteiger partial charge >= 0.3 is 0 Å². The van der Waals surface area contributed by atoms with E-state index < -0.39 is 0 Å². The van der Waals surface area contributed by atoms with Crippen molar-refractivity contribution in [3.8, 4) is 11.8 Å². The maximum absolute atomic E-state index is 3.23. The van der Waals surface area contributed by atoms with E-state index in [2.05, 4.69) is 30.0 Å². The smallest absolute Gasteiger partial charge is 0.0327 e. The van der Waals surface area contributed by atoms with Gasteiger partial charge in [0.1, 0.15) is 0 Å². The van der Waals surface area contributed by atoms with Gasteiger partial charge in [0.2, 0.25) is 0 Å². The molecule has 3 aromatic rings. The molecule has 0 amide bonds. The molecule has 0 aliphatic heterocycles. The van der Waals surface area contributed by atoms with E-state index >= 15 is 0 Å². The van der Waals surface area contributed by atoms with Crippen molar-refractivity contribution in [3.05, 3.63) is 83.9 Å². The van der Waals surface area contributed by atoms with Crippen molar-refractivity contribution < 1.29 is 0 Å². The van der Waals surface area contributed by atoms with Gasteiger partial charge in [0.25, 0.3) is 0 Å². The number of rotatable bonds is 0. The van der Waals surface area contributed by atoms with Crippen LogP contribution in [0.2, 0.25) is 0 Å². The largest absolute Gasteiger partial charge is 0.0622 e. The van der Waals surface area contributed by atoms with Crippen LogP contribution in [0.25, 0.3) is 10.8 Å². The lowest BCUT2D eigenvalue weighted by Gasteiger charge is -1.98. The second-order valence-corrected chi connectivity index (χ2v) is 4.05. The summed E-state index contributed by atoms with van der Waals surface area (Å²) in [5.74, 6) is 6.42. The van der Waals surface area contributed by atoms with E-state index in [9.17, 15) is 0 Å². The fourth-order valence-electron chi connectivity index (χ4n) is 1.92. The minimum absolute atomic E-state index is 1.04. The van der Waals surface area contributed by atoms with Crippen molar-refractivity contribution in [1.82, 2.24) is 0 Å². The molecule has 83 valence electrons. The van der Waals surface area contributed by atoms with E-state index in [1.54, 1.807) is 0 Å². The number of benzene rings is 3. The van der Waals surface area contributed by atoms with Crippen molar-refractivity contribution in [1.29, 1.82) is 0 Å². The van der Waals surface area contributed by atoms with Gasteiger partial charge in [-0.25, -0.2) is 0 Å². The molecule has 0 aromatic heterocycles. The standard InChI is InChI=1S/C18H11/c1-2-7-15(8-3-1)13-14-17-11-6-10-16-9-4-5-12-18(16)17/h1-8,10-12H. The summed E-state index contributed by atoms with van der Waals surface area (Å²) in [4.78, 5) is 0. The van der Waals surface area contributed by atoms with E-state index in [0.29, 0.717) is 0 Å². The predicted octanol–water partition coefficient (Wildman–Crippen LogP) is 4.04. The molecule has 0 aliphatic rings. The summed E-state index contributed by atoms with van der Waals surface area (Å²) in [6, 6.07) is 25.4. The maximum atomic E-state index is 3.23. The van der Waals surface area contributed by atoms with E-state index in [1.165, 1.54) is 0 Å². The van der Waals surface area contributed by atoms with Crippen LogP contribution in [0.5, 0.6) is 0 Å². The summed E-state index contributed by atoms with van der Waals surface area (Å²) in [5.41, 5.74) is 2.09. The van der Waals surface area contributed by atoms with Gasteiger partial charge in [0.05, 0.1) is 0 Å². The van der Waals surface area contributed by atoms with Gasteiger partial charge in [-0.15, -0.1) is 0 Å². The molecular formula is C18H11. The van der Waals surface area contributed by atoms with Crippen LogP contribution < -0.4 is 0 Å². The predicted molar refractivity (Wildman–Crippen MR) is 75.2 cm³/mol. The number of fused-ring (bicyclic) bond motifs is 1. The van der Waals surface area contributed by atoms with E-state index in [4.69, 9.17) is 0 Å². The zero-order valence-electron chi connectivity index (χ0n) is 9.85. The zero-order valence-corrected chi connectivity index (χ0v) is 9.85. The van der Waals surface area contributed by atoms with Crippen LogP contribution in [0.3, 0.4) is 0 Å². The van der Waals surface area contributed by atoms with Gasteiger partial charge < -0.3 is 0 Å². The van der Waals surface area contributed by atoms with E-state index in [0.717, 1.165) is 21.9 Å². The van der Waals surface area contributed by atoms with Gasteiger partial charge in [-0.05, 0) is 35.0 Å². The molecule has 0 fully saturated rings. The van der Waals surface area contributed by atoms with E-state index in [1.807, 2.05) is 54.6 Å². The summed E-state index contributed by atoms with van der Waals surface area (Å²) in [5, 5.41) is 2.26. The van der Waals surface area contributed by atoms with Crippen LogP contribution in [0.15, 0.2) is 66.7 Å². The average Bonchev–Trinajstić information content (AvgIpc) is 2.46. The average molecular weight is 227 g/mol. The molecule has 0 spiro atoms.